The number of carbonyl (C=O) groups excluding carboxylic acids is 1. The molecule has 0 saturated carbocycles. The monoisotopic (exact) mass is 251 g/mol. The van der Waals surface area contributed by atoms with Crippen molar-refractivity contribution < 1.29 is 9.53 Å². The third kappa shape index (κ3) is 4.71. The zero-order valence-electron chi connectivity index (χ0n) is 11.6. The van der Waals surface area contributed by atoms with Crippen LogP contribution in [0.15, 0.2) is 12.1 Å². The van der Waals surface area contributed by atoms with Gasteiger partial charge in [0.15, 0.2) is 0 Å². The number of nitrogens with one attached hydrogen (secondary N) is 2. The van der Waals surface area contributed by atoms with Gasteiger partial charge in [-0.2, -0.15) is 0 Å². The van der Waals surface area contributed by atoms with Crippen molar-refractivity contribution in [2.75, 3.05) is 12.4 Å². The second kappa shape index (κ2) is 5.82. The van der Waals surface area contributed by atoms with Gasteiger partial charge in [0.25, 0.3) is 0 Å². The van der Waals surface area contributed by atoms with Crippen LogP contribution in [0.3, 0.4) is 0 Å². The van der Waals surface area contributed by atoms with Crippen LogP contribution in [-0.4, -0.2) is 23.7 Å². The van der Waals surface area contributed by atoms with Gasteiger partial charge in [-0.15, -0.1) is 0 Å². The van der Waals surface area contributed by atoms with E-state index in [-0.39, 0.29) is 0 Å². The molecule has 0 saturated heterocycles. The highest BCUT2D eigenvalue weighted by molar-refractivity contribution is 5.83. The van der Waals surface area contributed by atoms with Crippen molar-refractivity contribution in [1.29, 1.82) is 0 Å². The van der Waals surface area contributed by atoms with Crippen molar-refractivity contribution in [3.63, 3.8) is 0 Å². The van der Waals surface area contributed by atoms with Crippen LogP contribution in [0, 0.1) is 6.92 Å². The number of carbonyl (C=O) groups is 1. The Bertz CT molecular complexity index is 425. The fourth-order valence-corrected chi connectivity index (χ4v) is 1.44. The molecular weight excluding hydrogens is 230 g/mol. The molecule has 0 spiro atoms. The predicted molar refractivity (Wildman–Crippen MR) is 71.6 cm³/mol. The fourth-order valence-electron chi connectivity index (χ4n) is 1.44. The van der Waals surface area contributed by atoms with E-state index in [2.05, 4.69) is 15.6 Å². The fraction of sp³-hybridized carbons (Fsp3) is 0.538. The summed E-state index contributed by atoms with van der Waals surface area (Å²) in [5.41, 5.74) is 1.48. The van der Waals surface area contributed by atoms with E-state index in [0.29, 0.717) is 5.82 Å². The molecule has 5 nitrogen and oxygen atoms in total. The van der Waals surface area contributed by atoms with Gasteiger partial charge in [0.2, 0.25) is 0 Å². The Hall–Kier alpha value is -1.62. The molecule has 0 aliphatic heterocycles. The number of pyridine rings is 1. The smallest absolute Gasteiger partial charge is 0.413 e. The SMILES string of the molecule is CNCc1ccc(NC(=O)OC(C)(C)C)nc1C. The van der Waals surface area contributed by atoms with Gasteiger partial charge >= 0.3 is 6.09 Å². The summed E-state index contributed by atoms with van der Waals surface area (Å²) in [6.07, 6.45) is -0.490. The Morgan fingerprint density at radius 1 is 1.39 bits per heavy atom. The number of aryl methyl sites for hydroxylation is 1. The number of hydrogen-bond donors (Lipinski definition) is 2. The lowest BCUT2D eigenvalue weighted by Gasteiger charge is -2.19. The van der Waals surface area contributed by atoms with E-state index in [1.165, 1.54) is 0 Å². The summed E-state index contributed by atoms with van der Waals surface area (Å²) in [4.78, 5) is 15.9. The van der Waals surface area contributed by atoms with Gasteiger partial charge in [0.05, 0.1) is 0 Å². The van der Waals surface area contributed by atoms with Gasteiger partial charge in [-0.1, -0.05) is 6.07 Å². The minimum absolute atomic E-state index is 0.490. The molecule has 1 rings (SSSR count). The average Bonchev–Trinajstić information content (AvgIpc) is 2.19. The van der Waals surface area contributed by atoms with Crippen LogP contribution >= 0.6 is 0 Å². The lowest BCUT2D eigenvalue weighted by Crippen LogP contribution is -2.27. The Labute approximate surface area is 108 Å². The maximum Gasteiger partial charge on any atom is 0.413 e. The zero-order chi connectivity index (χ0) is 13.8. The number of amides is 1. The minimum atomic E-state index is -0.509. The molecule has 2 N–H and O–H groups in total. The van der Waals surface area contributed by atoms with Crippen LogP contribution in [0.5, 0.6) is 0 Å². The van der Waals surface area contributed by atoms with E-state index in [1.807, 2.05) is 40.8 Å². The van der Waals surface area contributed by atoms with Crippen molar-refractivity contribution in [3.05, 3.63) is 23.4 Å². The minimum Gasteiger partial charge on any atom is -0.444 e. The lowest BCUT2D eigenvalue weighted by molar-refractivity contribution is 0.0635. The van der Waals surface area contributed by atoms with Gasteiger partial charge in [-0.25, -0.2) is 9.78 Å². The average molecular weight is 251 g/mol. The molecule has 100 valence electrons. The van der Waals surface area contributed by atoms with E-state index in [4.69, 9.17) is 4.74 Å². The van der Waals surface area contributed by atoms with Gasteiger partial charge < -0.3 is 10.1 Å². The van der Waals surface area contributed by atoms with Crippen LogP contribution < -0.4 is 10.6 Å². The van der Waals surface area contributed by atoms with Gasteiger partial charge in [0.1, 0.15) is 11.4 Å². The Morgan fingerprint density at radius 2 is 2.06 bits per heavy atom. The molecule has 0 unspecified atom stereocenters. The summed E-state index contributed by atoms with van der Waals surface area (Å²) in [5, 5.41) is 5.68. The Balaban J connectivity index is 2.69. The molecular formula is C13H21N3O2. The largest absolute Gasteiger partial charge is 0.444 e. The topological polar surface area (TPSA) is 63.2 Å². The molecule has 5 heteroatoms. The normalized spacial score (nSPS) is 11.2. The standard InChI is InChI=1S/C13H21N3O2/c1-9-10(8-14-5)6-7-11(15-9)16-12(17)18-13(2,3)4/h6-7,14H,8H2,1-5H3,(H,15,16,17). The maximum atomic E-state index is 11.6. The highest BCUT2D eigenvalue weighted by Gasteiger charge is 2.16. The number of hydrogen-bond acceptors (Lipinski definition) is 4. The number of anilines is 1. The third-order valence-corrected chi connectivity index (χ3v) is 2.19. The molecule has 1 heterocycles. The van der Waals surface area contributed by atoms with Crippen LogP contribution in [0.25, 0.3) is 0 Å². The zero-order valence-corrected chi connectivity index (χ0v) is 11.6. The third-order valence-electron chi connectivity index (χ3n) is 2.19. The predicted octanol–water partition coefficient (Wildman–Crippen LogP) is 2.46. The number of ether oxygens (including phenoxy) is 1. The van der Waals surface area contributed by atoms with Gasteiger partial charge in [-0.05, 0) is 46.4 Å². The number of aromatic nitrogens is 1. The van der Waals surface area contributed by atoms with Crippen LogP contribution in [0.2, 0.25) is 0 Å². The summed E-state index contributed by atoms with van der Waals surface area (Å²) < 4.78 is 5.16. The van der Waals surface area contributed by atoms with Crippen molar-refractivity contribution in [1.82, 2.24) is 10.3 Å². The summed E-state index contributed by atoms with van der Waals surface area (Å²) in [6.45, 7) is 8.13. The molecule has 0 aromatic carbocycles. The van der Waals surface area contributed by atoms with Crippen molar-refractivity contribution in [2.45, 2.75) is 39.8 Å². The molecule has 0 atom stereocenters. The van der Waals surface area contributed by atoms with Crippen LogP contribution in [0.4, 0.5) is 10.6 Å². The van der Waals surface area contributed by atoms with E-state index in [1.54, 1.807) is 6.07 Å². The summed E-state index contributed by atoms with van der Waals surface area (Å²) in [5.74, 6) is 0.501. The molecule has 0 aliphatic carbocycles. The van der Waals surface area contributed by atoms with E-state index in [9.17, 15) is 4.79 Å². The van der Waals surface area contributed by atoms with E-state index < -0.39 is 11.7 Å². The summed E-state index contributed by atoms with van der Waals surface area (Å²) in [7, 11) is 1.88. The summed E-state index contributed by atoms with van der Waals surface area (Å²) in [6, 6.07) is 3.70. The van der Waals surface area contributed by atoms with Crippen molar-refractivity contribution >= 4 is 11.9 Å². The number of rotatable bonds is 3. The maximum absolute atomic E-state index is 11.6. The highest BCUT2D eigenvalue weighted by Crippen LogP contribution is 2.12. The van der Waals surface area contributed by atoms with Crippen molar-refractivity contribution in [3.8, 4) is 0 Å². The molecule has 0 fully saturated rings. The van der Waals surface area contributed by atoms with Crippen LogP contribution in [0.1, 0.15) is 32.0 Å². The second-order valence-corrected chi connectivity index (χ2v) is 5.10. The first-order valence-corrected chi connectivity index (χ1v) is 5.93. The summed E-state index contributed by atoms with van der Waals surface area (Å²) >= 11 is 0. The Morgan fingerprint density at radius 3 is 2.56 bits per heavy atom. The molecule has 1 aromatic heterocycles. The molecule has 0 bridgehead atoms. The first-order valence-electron chi connectivity index (χ1n) is 5.93. The van der Waals surface area contributed by atoms with Gasteiger partial charge in [0, 0.05) is 12.2 Å². The molecule has 1 amide bonds. The molecule has 0 radical (unpaired) electrons. The quantitative estimate of drug-likeness (QED) is 0.866. The van der Waals surface area contributed by atoms with E-state index in [0.717, 1.165) is 17.8 Å². The molecule has 1 aromatic rings. The first-order chi connectivity index (χ1) is 8.31. The highest BCUT2D eigenvalue weighted by atomic mass is 16.6. The second-order valence-electron chi connectivity index (χ2n) is 5.10. The molecule has 18 heavy (non-hydrogen) atoms. The van der Waals surface area contributed by atoms with Crippen molar-refractivity contribution in [2.24, 2.45) is 0 Å². The first kappa shape index (κ1) is 14.4. The lowest BCUT2D eigenvalue weighted by atomic mass is 10.2. The van der Waals surface area contributed by atoms with E-state index >= 15 is 0 Å². The van der Waals surface area contributed by atoms with Gasteiger partial charge in [-0.3, -0.25) is 5.32 Å². The van der Waals surface area contributed by atoms with Crippen LogP contribution in [-0.2, 0) is 11.3 Å². The number of nitrogens with zero attached hydrogens (tertiary/aromatic N) is 1. The molecule has 0 aliphatic rings. The Kier molecular flexibility index (Phi) is 4.67.